The Hall–Kier alpha value is -1.16. The van der Waals surface area contributed by atoms with Gasteiger partial charge in [-0.2, -0.15) is 0 Å². The van der Waals surface area contributed by atoms with E-state index in [1.807, 2.05) is 11.3 Å². The number of nitrogens with zero attached hydrogens (tertiary/aromatic N) is 2. The van der Waals surface area contributed by atoms with Crippen molar-refractivity contribution in [3.8, 4) is 0 Å². The van der Waals surface area contributed by atoms with Crippen LogP contribution in [0, 0.1) is 5.92 Å². The van der Waals surface area contributed by atoms with E-state index in [0.29, 0.717) is 6.04 Å². The molecule has 4 rings (SSSR count). The van der Waals surface area contributed by atoms with Crippen molar-refractivity contribution in [3.05, 3.63) is 40.6 Å². The van der Waals surface area contributed by atoms with Crippen molar-refractivity contribution < 1.29 is 0 Å². The Morgan fingerprint density at radius 2 is 2.16 bits per heavy atom. The standard InChI is InChI=1S/C14H13N3SSe/c1-3-10(14-11(4-1)16-19-17-14)15-13(9-6-7-9)12-5-2-8-18-12/h1-5,8-9,13,15H,6-7H2. The van der Waals surface area contributed by atoms with Crippen LogP contribution in [0.4, 0.5) is 5.69 Å². The fourth-order valence-electron chi connectivity index (χ4n) is 2.41. The number of benzene rings is 1. The summed E-state index contributed by atoms with van der Waals surface area (Å²) in [6, 6.07) is 11.1. The molecule has 1 saturated carbocycles. The van der Waals surface area contributed by atoms with Crippen molar-refractivity contribution in [3.63, 3.8) is 0 Å². The van der Waals surface area contributed by atoms with E-state index >= 15 is 0 Å². The van der Waals surface area contributed by atoms with Crippen LogP contribution in [-0.2, 0) is 0 Å². The fraction of sp³-hybridized carbons (Fsp3) is 0.286. The van der Waals surface area contributed by atoms with Crippen molar-refractivity contribution >= 4 is 43.0 Å². The Balaban J connectivity index is 1.70. The summed E-state index contributed by atoms with van der Waals surface area (Å²) in [6.07, 6.45) is 2.66. The average molecular weight is 334 g/mol. The van der Waals surface area contributed by atoms with Gasteiger partial charge in [0.2, 0.25) is 0 Å². The zero-order valence-electron chi connectivity index (χ0n) is 10.2. The molecule has 0 bridgehead atoms. The van der Waals surface area contributed by atoms with Gasteiger partial charge in [-0.3, -0.25) is 0 Å². The van der Waals surface area contributed by atoms with Crippen molar-refractivity contribution in [1.82, 2.24) is 7.96 Å². The molecule has 2 heterocycles. The van der Waals surface area contributed by atoms with Crippen molar-refractivity contribution in [1.29, 1.82) is 0 Å². The monoisotopic (exact) mass is 335 g/mol. The summed E-state index contributed by atoms with van der Waals surface area (Å²) in [4.78, 5) is 1.43. The predicted molar refractivity (Wildman–Crippen MR) is 79.9 cm³/mol. The summed E-state index contributed by atoms with van der Waals surface area (Å²) in [5, 5.41) is 5.87. The third-order valence-corrected chi connectivity index (χ3v) is 5.63. The molecule has 2 aromatic heterocycles. The van der Waals surface area contributed by atoms with E-state index < -0.39 is 0 Å². The number of thiophene rings is 1. The van der Waals surface area contributed by atoms with Gasteiger partial charge < -0.3 is 0 Å². The van der Waals surface area contributed by atoms with E-state index in [2.05, 4.69) is 49.0 Å². The van der Waals surface area contributed by atoms with Gasteiger partial charge in [-0.1, -0.05) is 0 Å². The summed E-state index contributed by atoms with van der Waals surface area (Å²) >= 11 is 1.88. The molecule has 1 unspecified atom stereocenters. The van der Waals surface area contributed by atoms with E-state index in [-0.39, 0.29) is 15.0 Å². The van der Waals surface area contributed by atoms with Crippen LogP contribution in [-0.4, -0.2) is 22.9 Å². The fourth-order valence-corrected chi connectivity index (χ4v) is 4.43. The molecule has 1 aliphatic carbocycles. The first kappa shape index (κ1) is 11.6. The Morgan fingerprint density at radius 3 is 2.95 bits per heavy atom. The maximum absolute atomic E-state index is 4.55. The van der Waals surface area contributed by atoms with Gasteiger partial charge in [-0.05, 0) is 0 Å². The third-order valence-electron chi connectivity index (χ3n) is 3.54. The number of fused-ring (bicyclic) bond motifs is 1. The number of rotatable bonds is 4. The Bertz CT molecular complexity index is 688. The molecule has 0 aliphatic heterocycles. The quantitative estimate of drug-likeness (QED) is 0.744. The van der Waals surface area contributed by atoms with Gasteiger partial charge in [0.1, 0.15) is 0 Å². The number of hydrogen-bond donors (Lipinski definition) is 1. The summed E-state index contributed by atoms with van der Waals surface area (Å²) in [7, 11) is 0. The molecule has 1 aromatic carbocycles. The van der Waals surface area contributed by atoms with E-state index in [1.54, 1.807) is 0 Å². The first-order valence-electron chi connectivity index (χ1n) is 6.43. The molecule has 1 aliphatic rings. The molecule has 3 nitrogen and oxygen atoms in total. The second kappa shape index (κ2) is 4.74. The first-order chi connectivity index (χ1) is 9.42. The predicted octanol–water partition coefficient (Wildman–Crippen LogP) is 3.31. The number of nitrogens with one attached hydrogen (secondary N) is 1. The third kappa shape index (κ3) is 2.22. The SMILES string of the molecule is c1csc(C(Nc2cccc3n[se]nc23)C2CC2)c1. The molecule has 0 saturated heterocycles. The van der Waals surface area contributed by atoms with Crippen molar-refractivity contribution in [2.75, 3.05) is 5.32 Å². The van der Waals surface area contributed by atoms with Gasteiger partial charge in [0.15, 0.2) is 0 Å². The molecular weight excluding hydrogens is 321 g/mol. The second-order valence-electron chi connectivity index (χ2n) is 4.91. The molecule has 0 spiro atoms. The first-order valence-corrected chi connectivity index (χ1v) is 8.84. The molecule has 0 radical (unpaired) electrons. The van der Waals surface area contributed by atoms with Crippen molar-refractivity contribution in [2.24, 2.45) is 5.92 Å². The average Bonchev–Trinajstić information content (AvgIpc) is 2.94. The van der Waals surface area contributed by atoms with Gasteiger partial charge in [0.05, 0.1) is 0 Å². The van der Waals surface area contributed by atoms with Crippen molar-refractivity contribution in [2.45, 2.75) is 18.9 Å². The van der Waals surface area contributed by atoms with E-state index in [0.717, 1.165) is 22.6 Å². The zero-order chi connectivity index (χ0) is 12.7. The second-order valence-corrected chi connectivity index (χ2v) is 7.00. The summed E-state index contributed by atoms with van der Waals surface area (Å²) in [5.74, 6) is 0.776. The van der Waals surface area contributed by atoms with Crippen LogP contribution in [0.5, 0.6) is 0 Å². The molecule has 96 valence electrons. The Kier molecular flexibility index (Phi) is 2.91. The summed E-state index contributed by atoms with van der Waals surface area (Å²) in [5.41, 5.74) is 3.25. The van der Waals surface area contributed by atoms with Gasteiger partial charge in [0, 0.05) is 0 Å². The summed E-state index contributed by atoms with van der Waals surface area (Å²) < 4.78 is 9.00. The normalized spacial score (nSPS) is 16.6. The topological polar surface area (TPSA) is 37.8 Å². The molecule has 19 heavy (non-hydrogen) atoms. The Morgan fingerprint density at radius 1 is 1.21 bits per heavy atom. The van der Waals surface area contributed by atoms with Gasteiger partial charge in [0.25, 0.3) is 0 Å². The van der Waals surface area contributed by atoms with Crippen LogP contribution < -0.4 is 5.32 Å². The van der Waals surface area contributed by atoms with Crippen LogP contribution in [0.2, 0.25) is 0 Å². The van der Waals surface area contributed by atoms with Gasteiger partial charge in [-0.25, -0.2) is 0 Å². The van der Waals surface area contributed by atoms with Crippen LogP contribution in [0.1, 0.15) is 23.8 Å². The molecule has 5 heteroatoms. The molecule has 0 amide bonds. The minimum atomic E-state index is 0.0398. The van der Waals surface area contributed by atoms with Gasteiger partial charge in [-0.15, -0.1) is 0 Å². The minimum absolute atomic E-state index is 0.0398. The number of hydrogen-bond acceptors (Lipinski definition) is 4. The van der Waals surface area contributed by atoms with Gasteiger partial charge >= 0.3 is 122 Å². The molecular formula is C14H13N3SSe. The van der Waals surface area contributed by atoms with Crippen LogP contribution in [0.25, 0.3) is 11.0 Å². The summed E-state index contributed by atoms with van der Waals surface area (Å²) in [6.45, 7) is 0. The molecule has 3 aromatic rings. The number of anilines is 1. The molecule has 1 atom stereocenters. The van der Waals surface area contributed by atoms with E-state index in [1.165, 1.54) is 17.7 Å². The van der Waals surface area contributed by atoms with E-state index in [9.17, 15) is 0 Å². The van der Waals surface area contributed by atoms with E-state index in [4.69, 9.17) is 0 Å². The zero-order valence-corrected chi connectivity index (χ0v) is 12.8. The van der Waals surface area contributed by atoms with Crippen LogP contribution in [0.3, 0.4) is 0 Å². The van der Waals surface area contributed by atoms with Crippen LogP contribution in [0.15, 0.2) is 35.7 Å². The number of aromatic nitrogens is 2. The van der Waals surface area contributed by atoms with Crippen LogP contribution >= 0.6 is 11.3 Å². The maximum atomic E-state index is 4.55. The Labute approximate surface area is 121 Å². The molecule has 1 N–H and O–H groups in total. The molecule has 1 fully saturated rings.